The largest absolute Gasteiger partial charge is 0.507 e. The van der Waals surface area contributed by atoms with E-state index in [-0.39, 0.29) is 23.2 Å². The molecular weight excluding hydrogens is 423 g/mol. The van der Waals surface area contributed by atoms with Gasteiger partial charge in [0, 0.05) is 11.1 Å². The minimum atomic E-state index is -3.27. The minimum absolute atomic E-state index is 0.247. The second-order valence-electron chi connectivity index (χ2n) is 10.4. The van der Waals surface area contributed by atoms with Crippen molar-refractivity contribution in [3.63, 3.8) is 0 Å². The number of hydrogen-bond donors (Lipinski definition) is 1. The maximum atomic E-state index is 12.9. The summed E-state index contributed by atoms with van der Waals surface area (Å²) in [6.45, 7) is 16.4. The lowest BCUT2D eigenvalue weighted by Gasteiger charge is -2.27. The molecule has 5 nitrogen and oxygen atoms in total. The predicted molar refractivity (Wildman–Crippen MR) is 134 cm³/mol. The summed E-state index contributed by atoms with van der Waals surface area (Å²) in [5.74, 6) is 0.0291. The summed E-state index contributed by atoms with van der Waals surface area (Å²) in [6.07, 6.45) is 6.85. The normalized spacial score (nSPS) is 14.6. The molecule has 1 aromatic rings. The Morgan fingerprint density at radius 1 is 0.969 bits per heavy atom. The van der Waals surface area contributed by atoms with Crippen LogP contribution in [0.1, 0.15) is 97.8 Å². The van der Waals surface area contributed by atoms with Crippen molar-refractivity contribution in [1.29, 1.82) is 0 Å². The van der Waals surface area contributed by atoms with E-state index >= 15 is 0 Å². The molecule has 0 saturated carbocycles. The lowest BCUT2D eigenvalue weighted by Crippen LogP contribution is -2.17. The number of phenols is 1. The number of hydrogen-bond acceptors (Lipinski definition) is 5. The monoisotopic (exact) mass is 466 g/mol. The molecule has 1 rings (SSSR count). The van der Waals surface area contributed by atoms with Crippen molar-refractivity contribution >= 4 is 19.5 Å². The summed E-state index contributed by atoms with van der Waals surface area (Å²) in [7, 11) is -3.27. The summed E-state index contributed by atoms with van der Waals surface area (Å²) in [6, 6.07) is 3.82. The Kier molecular flexibility index (Phi) is 10.9. The Bertz CT molecular complexity index is 793. The molecule has 1 atom stereocenters. The van der Waals surface area contributed by atoms with Crippen molar-refractivity contribution in [3.8, 4) is 5.75 Å². The summed E-state index contributed by atoms with van der Waals surface area (Å²) >= 11 is 0. The standard InChI is InChI=1S/C26H43O5P/c1-9-11-15-30-32(29,16-12-10-2)31-19-21(27)14-13-20-17-22(25(3,4)5)24(28)23(18-20)26(6,7)8/h13-14,17-18,28H,9-12,15-16,19H2,1-8H3. The number of carbonyl (C=O) groups excluding carboxylic acids is 1. The molecule has 1 N–H and O–H groups in total. The third-order valence-electron chi connectivity index (χ3n) is 5.18. The van der Waals surface area contributed by atoms with Crippen LogP contribution in [0.3, 0.4) is 0 Å². The molecule has 1 unspecified atom stereocenters. The van der Waals surface area contributed by atoms with Crippen molar-refractivity contribution in [2.75, 3.05) is 19.4 Å². The van der Waals surface area contributed by atoms with Crippen LogP contribution in [-0.4, -0.2) is 30.3 Å². The van der Waals surface area contributed by atoms with Gasteiger partial charge in [0.15, 0.2) is 5.78 Å². The van der Waals surface area contributed by atoms with Gasteiger partial charge in [0.2, 0.25) is 0 Å². The first kappa shape index (κ1) is 28.6. The third kappa shape index (κ3) is 9.21. The number of rotatable bonds is 12. The van der Waals surface area contributed by atoms with Crippen LogP contribution >= 0.6 is 7.60 Å². The third-order valence-corrected chi connectivity index (χ3v) is 7.15. The molecule has 0 saturated heterocycles. The zero-order valence-corrected chi connectivity index (χ0v) is 22.2. The van der Waals surface area contributed by atoms with Gasteiger partial charge in [-0.2, -0.15) is 0 Å². The van der Waals surface area contributed by atoms with Gasteiger partial charge in [-0.3, -0.25) is 9.36 Å². The van der Waals surface area contributed by atoms with Gasteiger partial charge in [0.25, 0.3) is 0 Å². The summed E-state index contributed by atoms with van der Waals surface area (Å²) in [5, 5.41) is 10.8. The molecule has 6 heteroatoms. The van der Waals surface area contributed by atoms with E-state index in [0.717, 1.165) is 42.4 Å². The fourth-order valence-corrected chi connectivity index (χ4v) is 4.93. The van der Waals surface area contributed by atoms with Crippen LogP contribution in [0.25, 0.3) is 6.08 Å². The van der Waals surface area contributed by atoms with Gasteiger partial charge in [-0.1, -0.05) is 74.3 Å². The van der Waals surface area contributed by atoms with E-state index in [1.54, 1.807) is 6.08 Å². The fourth-order valence-electron chi connectivity index (χ4n) is 3.16. The van der Waals surface area contributed by atoms with E-state index < -0.39 is 7.60 Å². The highest BCUT2D eigenvalue weighted by molar-refractivity contribution is 7.53. The van der Waals surface area contributed by atoms with Crippen LogP contribution in [-0.2, 0) is 29.2 Å². The number of ketones is 1. The first-order valence-electron chi connectivity index (χ1n) is 11.7. The van der Waals surface area contributed by atoms with E-state index in [4.69, 9.17) is 9.05 Å². The van der Waals surface area contributed by atoms with Gasteiger partial charge >= 0.3 is 7.60 Å². The van der Waals surface area contributed by atoms with Gasteiger partial charge in [-0.05, 0) is 47.4 Å². The highest BCUT2D eigenvalue weighted by Gasteiger charge is 2.27. The molecule has 0 amide bonds. The van der Waals surface area contributed by atoms with E-state index in [2.05, 4.69) is 0 Å². The number of phenolic OH excluding ortho intramolecular Hbond substituents is 1. The molecule has 0 spiro atoms. The molecule has 0 aliphatic rings. The second kappa shape index (κ2) is 12.2. The highest BCUT2D eigenvalue weighted by Crippen LogP contribution is 2.49. The van der Waals surface area contributed by atoms with Gasteiger partial charge in [0.1, 0.15) is 12.4 Å². The Labute approximate surface area is 195 Å². The summed E-state index contributed by atoms with van der Waals surface area (Å²) in [5.41, 5.74) is 2.01. The van der Waals surface area contributed by atoms with Crippen LogP contribution < -0.4 is 0 Å². The topological polar surface area (TPSA) is 72.8 Å². The molecule has 0 radical (unpaired) electrons. The maximum Gasteiger partial charge on any atom is 0.331 e. The zero-order chi connectivity index (χ0) is 24.6. The van der Waals surface area contributed by atoms with Crippen molar-refractivity contribution in [2.45, 2.75) is 91.9 Å². The van der Waals surface area contributed by atoms with Gasteiger partial charge in [-0.25, -0.2) is 0 Å². The van der Waals surface area contributed by atoms with E-state index in [1.165, 1.54) is 6.08 Å². The van der Waals surface area contributed by atoms with Gasteiger partial charge in [-0.15, -0.1) is 0 Å². The quantitative estimate of drug-likeness (QED) is 0.197. The molecule has 0 aliphatic carbocycles. The van der Waals surface area contributed by atoms with E-state index in [1.807, 2.05) is 67.5 Å². The van der Waals surface area contributed by atoms with Crippen LogP contribution in [0.15, 0.2) is 18.2 Å². The number of aromatic hydroxyl groups is 1. The number of benzene rings is 1. The van der Waals surface area contributed by atoms with Crippen molar-refractivity contribution in [1.82, 2.24) is 0 Å². The van der Waals surface area contributed by atoms with E-state index in [0.29, 0.717) is 18.5 Å². The smallest absolute Gasteiger partial charge is 0.331 e. The van der Waals surface area contributed by atoms with Crippen LogP contribution in [0.5, 0.6) is 5.75 Å². The lowest BCUT2D eigenvalue weighted by molar-refractivity contribution is -0.116. The average molecular weight is 467 g/mol. The highest BCUT2D eigenvalue weighted by atomic mass is 31.2. The molecule has 182 valence electrons. The van der Waals surface area contributed by atoms with Gasteiger partial charge < -0.3 is 14.2 Å². The Balaban J connectivity index is 3.02. The zero-order valence-electron chi connectivity index (χ0n) is 21.3. The molecular formula is C26H43O5P. The molecule has 0 bridgehead atoms. The number of carbonyl (C=O) groups is 1. The summed E-state index contributed by atoms with van der Waals surface area (Å²) < 4.78 is 24.0. The SMILES string of the molecule is CCCCOP(=O)(CCCC)OCC(=O)C=Cc1cc(C(C)(C)C)c(O)c(C(C)(C)C)c1. The molecule has 0 fully saturated rings. The van der Waals surface area contributed by atoms with Crippen molar-refractivity contribution < 1.29 is 23.5 Å². The first-order chi connectivity index (χ1) is 14.7. The van der Waals surface area contributed by atoms with Crippen LogP contribution in [0.4, 0.5) is 0 Å². The van der Waals surface area contributed by atoms with Crippen LogP contribution in [0, 0.1) is 0 Å². The lowest BCUT2D eigenvalue weighted by atomic mass is 9.78. The van der Waals surface area contributed by atoms with E-state index in [9.17, 15) is 14.5 Å². The molecule has 1 aromatic carbocycles. The molecule has 32 heavy (non-hydrogen) atoms. The molecule has 0 heterocycles. The van der Waals surface area contributed by atoms with Crippen molar-refractivity contribution in [2.24, 2.45) is 0 Å². The Morgan fingerprint density at radius 3 is 1.97 bits per heavy atom. The minimum Gasteiger partial charge on any atom is -0.507 e. The van der Waals surface area contributed by atoms with Gasteiger partial charge in [0.05, 0.1) is 12.8 Å². The number of unbranched alkanes of at least 4 members (excludes halogenated alkanes) is 2. The fraction of sp³-hybridized carbons (Fsp3) is 0.654. The Hall–Kier alpha value is -1.42. The molecule has 0 aromatic heterocycles. The van der Waals surface area contributed by atoms with Crippen molar-refractivity contribution in [3.05, 3.63) is 34.9 Å². The second-order valence-corrected chi connectivity index (χ2v) is 12.6. The molecule has 0 aliphatic heterocycles. The first-order valence-corrected chi connectivity index (χ1v) is 13.4. The van der Waals surface area contributed by atoms with Crippen LogP contribution in [0.2, 0.25) is 0 Å². The average Bonchev–Trinajstić information content (AvgIpc) is 2.68. The Morgan fingerprint density at radius 2 is 1.50 bits per heavy atom. The maximum absolute atomic E-state index is 12.9. The predicted octanol–water partition coefficient (Wildman–Crippen LogP) is 7.40. The summed E-state index contributed by atoms with van der Waals surface area (Å²) in [4.78, 5) is 12.5.